The number of aryl methyl sites for hydroxylation is 1. The van der Waals surface area contributed by atoms with E-state index in [1.54, 1.807) is 18.6 Å². The lowest BCUT2D eigenvalue weighted by atomic mass is 9.99. The zero-order valence-corrected chi connectivity index (χ0v) is 9.51. The van der Waals surface area contributed by atoms with E-state index in [0.29, 0.717) is 0 Å². The molecule has 2 aromatic rings. The van der Waals surface area contributed by atoms with Crippen molar-refractivity contribution in [2.24, 2.45) is 0 Å². The summed E-state index contributed by atoms with van der Waals surface area (Å²) in [4.78, 5) is 8.45. The topological polar surface area (TPSA) is 37.8 Å². The summed E-state index contributed by atoms with van der Waals surface area (Å²) >= 11 is 0. The molecule has 82 valence electrons. The molecule has 0 spiro atoms. The highest BCUT2D eigenvalue weighted by atomic mass is 14.9. The molecular formula is C13H15N3. The van der Waals surface area contributed by atoms with Crippen LogP contribution in [0.5, 0.6) is 0 Å². The van der Waals surface area contributed by atoms with Crippen LogP contribution in [0.4, 0.5) is 0 Å². The molecule has 2 rings (SSSR count). The van der Waals surface area contributed by atoms with Gasteiger partial charge in [0.1, 0.15) is 0 Å². The van der Waals surface area contributed by atoms with Crippen molar-refractivity contribution < 1.29 is 0 Å². The second-order valence-electron chi connectivity index (χ2n) is 3.71. The molecular weight excluding hydrogens is 198 g/mol. The maximum Gasteiger partial charge on any atom is 0.0801 e. The van der Waals surface area contributed by atoms with Gasteiger partial charge in [-0.3, -0.25) is 9.97 Å². The third kappa shape index (κ3) is 2.09. The quantitative estimate of drug-likeness (QED) is 0.848. The van der Waals surface area contributed by atoms with Crippen LogP contribution in [0.25, 0.3) is 0 Å². The van der Waals surface area contributed by atoms with Crippen LogP contribution in [0.1, 0.15) is 22.9 Å². The lowest BCUT2D eigenvalue weighted by Gasteiger charge is -2.17. The molecule has 0 radical (unpaired) electrons. The molecule has 0 saturated carbocycles. The standard InChI is InChI=1S/C13H15N3/c1-10-5-3-4-6-11(10)13(14-2)12-9-15-7-8-16-12/h3-9,13-14H,1-2H3. The molecule has 0 amide bonds. The first-order valence-electron chi connectivity index (χ1n) is 5.31. The summed E-state index contributed by atoms with van der Waals surface area (Å²) in [5, 5.41) is 3.27. The molecule has 0 fully saturated rings. The highest BCUT2D eigenvalue weighted by molar-refractivity contribution is 5.33. The highest BCUT2D eigenvalue weighted by Gasteiger charge is 2.14. The van der Waals surface area contributed by atoms with Crippen LogP contribution >= 0.6 is 0 Å². The van der Waals surface area contributed by atoms with Gasteiger partial charge < -0.3 is 5.32 Å². The Morgan fingerprint density at radius 3 is 2.62 bits per heavy atom. The second kappa shape index (κ2) is 4.86. The number of aromatic nitrogens is 2. The number of rotatable bonds is 3. The minimum absolute atomic E-state index is 0.106. The third-order valence-electron chi connectivity index (χ3n) is 2.67. The Hall–Kier alpha value is -1.74. The Bertz CT molecular complexity index is 454. The van der Waals surface area contributed by atoms with Gasteiger partial charge in [-0.2, -0.15) is 0 Å². The number of hydrogen-bond acceptors (Lipinski definition) is 3. The SMILES string of the molecule is CNC(c1cnccn1)c1ccccc1C. The Kier molecular flexibility index (Phi) is 3.27. The van der Waals surface area contributed by atoms with Gasteiger partial charge in [-0.25, -0.2) is 0 Å². The number of nitrogens with zero attached hydrogens (tertiary/aromatic N) is 2. The summed E-state index contributed by atoms with van der Waals surface area (Å²) in [6.45, 7) is 2.11. The Labute approximate surface area is 95.6 Å². The van der Waals surface area contributed by atoms with Crippen LogP contribution in [0, 0.1) is 6.92 Å². The lowest BCUT2D eigenvalue weighted by Crippen LogP contribution is -2.19. The van der Waals surface area contributed by atoms with Gasteiger partial charge in [0.05, 0.1) is 17.9 Å². The predicted molar refractivity (Wildman–Crippen MR) is 64.1 cm³/mol. The van der Waals surface area contributed by atoms with E-state index >= 15 is 0 Å². The van der Waals surface area contributed by atoms with Crippen LogP contribution in [0.15, 0.2) is 42.9 Å². The van der Waals surface area contributed by atoms with Crippen molar-refractivity contribution in [1.82, 2.24) is 15.3 Å². The van der Waals surface area contributed by atoms with Crippen molar-refractivity contribution in [2.75, 3.05) is 7.05 Å². The average Bonchev–Trinajstić information content (AvgIpc) is 2.34. The third-order valence-corrected chi connectivity index (χ3v) is 2.67. The molecule has 16 heavy (non-hydrogen) atoms. The normalized spacial score (nSPS) is 12.4. The van der Waals surface area contributed by atoms with Crippen LogP contribution in [-0.4, -0.2) is 17.0 Å². The molecule has 3 heteroatoms. The fourth-order valence-electron chi connectivity index (χ4n) is 1.83. The van der Waals surface area contributed by atoms with E-state index in [4.69, 9.17) is 0 Å². The van der Waals surface area contributed by atoms with Crippen molar-refractivity contribution in [3.8, 4) is 0 Å². The van der Waals surface area contributed by atoms with Crippen LogP contribution < -0.4 is 5.32 Å². The monoisotopic (exact) mass is 213 g/mol. The van der Waals surface area contributed by atoms with Gasteiger partial charge in [0.2, 0.25) is 0 Å². The van der Waals surface area contributed by atoms with Crippen molar-refractivity contribution in [3.63, 3.8) is 0 Å². The largest absolute Gasteiger partial charge is 0.308 e. The van der Waals surface area contributed by atoms with E-state index in [1.807, 2.05) is 19.2 Å². The van der Waals surface area contributed by atoms with Gasteiger partial charge in [-0.05, 0) is 25.1 Å². The fourth-order valence-corrected chi connectivity index (χ4v) is 1.83. The average molecular weight is 213 g/mol. The molecule has 1 heterocycles. The smallest absolute Gasteiger partial charge is 0.0801 e. The molecule has 1 N–H and O–H groups in total. The minimum Gasteiger partial charge on any atom is -0.308 e. The molecule has 0 aliphatic rings. The van der Waals surface area contributed by atoms with Crippen molar-refractivity contribution in [1.29, 1.82) is 0 Å². The summed E-state index contributed by atoms with van der Waals surface area (Å²) in [7, 11) is 1.94. The summed E-state index contributed by atoms with van der Waals surface area (Å²) in [5.41, 5.74) is 3.44. The van der Waals surface area contributed by atoms with E-state index in [9.17, 15) is 0 Å². The number of benzene rings is 1. The molecule has 1 atom stereocenters. The first kappa shape index (κ1) is 10.8. The van der Waals surface area contributed by atoms with Gasteiger partial charge in [-0.15, -0.1) is 0 Å². The number of nitrogens with one attached hydrogen (secondary N) is 1. The molecule has 1 aromatic carbocycles. The zero-order valence-electron chi connectivity index (χ0n) is 9.51. The van der Waals surface area contributed by atoms with Crippen molar-refractivity contribution >= 4 is 0 Å². The Morgan fingerprint density at radius 1 is 1.19 bits per heavy atom. The maximum absolute atomic E-state index is 4.34. The molecule has 0 aliphatic carbocycles. The van der Waals surface area contributed by atoms with E-state index < -0.39 is 0 Å². The van der Waals surface area contributed by atoms with Crippen molar-refractivity contribution in [2.45, 2.75) is 13.0 Å². The molecule has 0 aliphatic heterocycles. The Morgan fingerprint density at radius 2 is 2.00 bits per heavy atom. The fraction of sp³-hybridized carbons (Fsp3) is 0.231. The van der Waals surface area contributed by atoms with Crippen LogP contribution in [-0.2, 0) is 0 Å². The van der Waals surface area contributed by atoms with Gasteiger partial charge in [0.25, 0.3) is 0 Å². The highest BCUT2D eigenvalue weighted by Crippen LogP contribution is 2.21. The van der Waals surface area contributed by atoms with Gasteiger partial charge in [0.15, 0.2) is 0 Å². The minimum atomic E-state index is 0.106. The molecule has 0 bridgehead atoms. The lowest BCUT2D eigenvalue weighted by molar-refractivity contribution is 0.663. The predicted octanol–water partition coefficient (Wildman–Crippen LogP) is 2.09. The summed E-state index contributed by atoms with van der Waals surface area (Å²) < 4.78 is 0. The molecule has 1 unspecified atom stereocenters. The summed E-state index contributed by atoms with van der Waals surface area (Å²) in [6, 6.07) is 8.42. The summed E-state index contributed by atoms with van der Waals surface area (Å²) in [5.74, 6) is 0. The molecule has 0 saturated heterocycles. The van der Waals surface area contributed by atoms with Gasteiger partial charge in [0, 0.05) is 12.4 Å². The molecule has 1 aromatic heterocycles. The molecule has 3 nitrogen and oxygen atoms in total. The second-order valence-corrected chi connectivity index (χ2v) is 3.71. The van der Waals surface area contributed by atoms with Crippen molar-refractivity contribution in [3.05, 3.63) is 59.7 Å². The van der Waals surface area contributed by atoms with E-state index in [-0.39, 0.29) is 6.04 Å². The van der Waals surface area contributed by atoms with E-state index in [2.05, 4.69) is 34.3 Å². The van der Waals surface area contributed by atoms with Gasteiger partial charge >= 0.3 is 0 Å². The Balaban J connectivity index is 2.41. The zero-order chi connectivity index (χ0) is 11.4. The van der Waals surface area contributed by atoms with E-state index in [0.717, 1.165) is 5.69 Å². The first-order chi connectivity index (χ1) is 7.83. The van der Waals surface area contributed by atoms with Crippen LogP contribution in [0.3, 0.4) is 0 Å². The van der Waals surface area contributed by atoms with E-state index in [1.165, 1.54) is 11.1 Å². The maximum atomic E-state index is 4.34. The van der Waals surface area contributed by atoms with Crippen LogP contribution in [0.2, 0.25) is 0 Å². The summed E-state index contributed by atoms with van der Waals surface area (Å²) in [6.07, 6.45) is 5.21. The first-order valence-corrected chi connectivity index (χ1v) is 5.31. The number of hydrogen-bond donors (Lipinski definition) is 1. The van der Waals surface area contributed by atoms with Gasteiger partial charge in [-0.1, -0.05) is 24.3 Å².